The molecule has 1 aliphatic rings. The lowest BCUT2D eigenvalue weighted by Crippen LogP contribution is -2.45. The van der Waals surface area contributed by atoms with Crippen LogP contribution in [0.4, 0.5) is 20.2 Å². The van der Waals surface area contributed by atoms with Gasteiger partial charge in [-0.25, -0.2) is 8.78 Å². The number of morpholine rings is 1. The third-order valence-corrected chi connectivity index (χ3v) is 3.06. The molecule has 5 heteroatoms. The summed E-state index contributed by atoms with van der Waals surface area (Å²) in [6, 6.07) is 4.45. The van der Waals surface area contributed by atoms with E-state index < -0.39 is 6.43 Å². The molecule has 2 N–H and O–H groups in total. The van der Waals surface area contributed by atoms with Crippen molar-refractivity contribution in [3.8, 4) is 0 Å². The van der Waals surface area contributed by atoms with Crippen molar-refractivity contribution >= 4 is 11.4 Å². The van der Waals surface area contributed by atoms with Crippen LogP contribution in [0.15, 0.2) is 18.2 Å². The van der Waals surface area contributed by atoms with Gasteiger partial charge >= 0.3 is 0 Å². The number of hydrogen-bond acceptors (Lipinski definition) is 3. The van der Waals surface area contributed by atoms with E-state index >= 15 is 0 Å². The van der Waals surface area contributed by atoms with Gasteiger partial charge < -0.3 is 15.4 Å². The first-order chi connectivity index (χ1) is 8.47. The van der Waals surface area contributed by atoms with E-state index in [-0.39, 0.29) is 17.8 Å². The van der Waals surface area contributed by atoms with Crippen LogP contribution in [0.1, 0.15) is 25.8 Å². The summed E-state index contributed by atoms with van der Waals surface area (Å²) in [7, 11) is 0. The normalized spacial score (nSPS) is 24.6. The van der Waals surface area contributed by atoms with Crippen molar-refractivity contribution in [2.45, 2.75) is 32.5 Å². The second-order valence-electron chi connectivity index (χ2n) is 4.78. The maximum atomic E-state index is 12.6. The van der Waals surface area contributed by atoms with Crippen molar-refractivity contribution in [3.05, 3.63) is 23.8 Å². The molecule has 18 heavy (non-hydrogen) atoms. The van der Waals surface area contributed by atoms with Gasteiger partial charge in [-0.15, -0.1) is 0 Å². The number of hydrogen-bond donors (Lipinski definition) is 1. The molecule has 0 aromatic heterocycles. The number of nitrogens with zero attached hydrogens (tertiary/aromatic N) is 1. The second-order valence-corrected chi connectivity index (χ2v) is 4.78. The molecule has 100 valence electrons. The van der Waals surface area contributed by atoms with Gasteiger partial charge in [0, 0.05) is 18.7 Å². The summed E-state index contributed by atoms with van der Waals surface area (Å²) in [4.78, 5) is 2.09. The molecule has 1 aromatic carbocycles. The average molecular weight is 256 g/mol. The minimum Gasteiger partial charge on any atom is -0.397 e. The van der Waals surface area contributed by atoms with Crippen LogP contribution in [-0.2, 0) is 4.74 Å². The van der Waals surface area contributed by atoms with Gasteiger partial charge in [-0.2, -0.15) is 0 Å². The monoisotopic (exact) mass is 256 g/mol. The fourth-order valence-corrected chi connectivity index (χ4v) is 2.37. The highest BCUT2D eigenvalue weighted by Crippen LogP contribution is 2.30. The van der Waals surface area contributed by atoms with Crippen molar-refractivity contribution in [2.75, 3.05) is 23.7 Å². The van der Waals surface area contributed by atoms with E-state index in [4.69, 9.17) is 10.5 Å². The summed E-state index contributed by atoms with van der Waals surface area (Å²) in [5.74, 6) is 0. The van der Waals surface area contributed by atoms with Crippen molar-refractivity contribution in [1.29, 1.82) is 0 Å². The lowest BCUT2D eigenvalue weighted by atomic mass is 10.1. The number of benzene rings is 1. The molecule has 2 rings (SSSR count). The number of nitrogens with two attached hydrogens (primary N) is 1. The number of anilines is 2. The first-order valence-corrected chi connectivity index (χ1v) is 6.05. The van der Waals surface area contributed by atoms with Crippen molar-refractivity contribution in [3.63, 3.8) is 0 Å². The predicted molar refractivity (Wildman–Crippen MR) is 68.0 cm³/mol. The highest BCUT2D eigenvalue weighted by atomic mass is 19.3. The van der Waals surface area contributed by atoms with Gasteiger partial charge in [0.1, 0.15) is 0 Å². The van der Waals surface area contributed by atoms with Crippen molar-refractivity contribution < 1.29 is 13.5 Å². The average Bonchev–Trinajstić information content (AvgIpc) is 2.27. The van der Waals surface area contributed by atoms with Gasteiger partial charge in [-0.05, 0) is 26.0 Å². The molecule has 1 fully saturated rings. The lowest BCUT2D eigenvalue weighted by molar-refractivity contribution is -0.00517. The van der Waals surface area contributed by atoms with E-state index in [1.165, 1.54) is 12.1 Å². The molecule has 1 aliphatic heterocycles. The van der Waals surface area contributed by atoms with Crippen molar-refractivity contribution in [1.82, 2.24) is 0 Å². The Hall–Kier alpha value is -1.36. The zero-order valence-electron chi connectivity index (χ0n) is 10.6. The number of ether oxygens (including phenoxy) is 1. The summed E-state index contributed by atoms with van der Waals surface area (Å²) in [6.07, 6.45) is -2.25. The molecule has 2 atom stereocenters. The Morgan fingerprint density at radius 2 is 1.89 bits per heavy atom. The molecule has 0 radical (unpaired) electrons. The molecule has 1 heterocycles. The van der Waals surface area contributed by atoms with Crippen LogP contribution in [0.25, 0.3) is 0 Å². The molecule has 0 bridgehead atoms. The summed E-state index contributed by atoms with van der Waals surface area (Å²) >= 11 is 0. The molecule has 0 amide bonds. The van der Waals surface area contributed by atoms with Gasteiger partial charge in [0.05, 0.1) is 23.6 Å². The summed E-state index contributed by atoms with van der Waals surface area (Å²) in [5.41, 5.74) is 7.03. The maximum Gasteiger partial charge on any atom is 0.263 e. The fourth-order valence-electron chi connectivity index (χ4n) is 2.37. The van der Waals surface area contributed by atoms with Crippen LogP contribution >= 0.6 is 0 Å². The minimum absolute atomic E-state index is 0.0365. The van der Waals surface area contributed by atoms with Crippen LogP contribution in [0.3, 0.4) is 0 Å². The molecule has 0 aliphatic carbocycles. The molecule has 1 saturated heterocycles. The highest BCUT2D eigenvalue weighted by Gasteiger charge is 2.24. The minimum atomic E-state index is -2.48. The zero-order valence-corrected chi connectivity index (χ0v) is 10.6. The lowest BCUT2D eigenvalue weighted by Gasteiger charge is -2.37. The van der Waals surface area contributed by atoms with Crippen molar-refractivity contribution in [2.24, 2.45) is 0 Å². The van der Waals surface area contributed by atoms with Gasteiger partial charge in [0.25, 0.3) is 6.43 Å². The summed E-state index contributed by atoms with van der Waals surface area (Å²) in [6.45, 7) is 5.43. The standard InChI is InChI=1S/C13H18F2N2O/c1-8-6-17(7-9(2)18-8)12-4-3-10(13(14)15)5-11(12)16/h3-5,8-9,13H,6-7,16H2,1-2H3/t8-,9+. The second kappa shape index (κ2) is 5.10. The first kappa shape index (κ1) is 13.1. The summed E-state index contributed by atoms with van der Waals surface area (Å²) in [5, 5.41) is 0. The fraction of sp³-hybridized carbons (Fsp3) is 0.538. The number of alkyl halides is 2. The smallest absolute Gasteiger partial charge is 0.263 e. The molecular formula is C13H18F2N2O. The number of nitrogen functional groups attached to an aromatic ring is 1. The molecular weight excluding hydrogens is 238 g/mol. The van der Waals surface area contributed by atoms with Crippen LogP contribution in [0, 0.1) is 0 Å². The summed E-state index contributed by atoms with van der Waals surface area (Å²) < 4.78 is 30.7. The van der Waals surface area contributed by atoms with Crippen LogP contribution < -0.4 is 10.6 Å². The van der Waals surface area contributed by atoms with E-state index in [2.05, 4.69) is 4.90 Å². The molecule has 3 nitrogen and oxygen atoms in total. The Morgan fingerprint density at radius 3 is 2.39 bits per heavy atom. The van der Waals surface area contributed by atoms with E-state index in [9.17, 15) is 8.78 Å². The number of rotatable bonds is 2. The van der Waals surface area contributed by atoms with Crippen LogP contribution in [0.5, 0.6) is 0 Å². The Labute approximate surface area is 106 Å². The molecule has 1 aromatic rings. The third-order valence-electron chi connectivity index (χ3n) is 3.06. The maximum absolute atomic E-state index is 12.6. The topological polar surface area (TPSA) is 38.5 Å². The zero-order chi connectivity index (χ0) is 13.3. The van der Waals surface area contributed by atoms with E-state index in [1.807, 2.05) is 13.8 Å². The third kappa shape index (κ3) is 2.72. The van der Waals surface area contributed by atoms with Gasteiger partial charge in [-0.3, -0.25) is 0 Å². The van der Waals surface area contributed by atoms with Crippen LogP contribution in [0.2, 0.25) is 0 Å². The van der Waals surface area contributed by atoms with E-state index in [0.717, 1.165) is 18.8 Å². The molecule has 0 unspecified atom stereocenters. The Morgan fingerprint density at radius 1 is 1.28 bits per heavy atom. The van der Waals surface area contributed by atoms with E-state index in [1.54, 1.807) is 6.07 Å². The molecule has 0 spiro atoms. The van der Waals surface area contributed by atoms with Gasteiger partial charge in [0.2, 0.25) is 0 Å². The Balaban J connectivity index is 2.22. The van der Waals surface area contributed by atoms with Gasteiger partial charge in [0.15, 0.2) is 0 Å². The highest BCUT2D eigenvalue weighted by molar-refractivity contribution is 5.68. The van der Waals surface area contributed by atoms with Gasteiger partial charge in [-0.1, -0.05) is 6.07 Å². The Kier molecular flexibility index (Phi) is 3.71. The SMILES string of the molecule is C[C@@H]1CN(c2ccc(C(F)F)cc2N)C[C@H](C)O1. The quantitative estimate of drug-likeness (QED) is 0.827. The Bertz CT molecular complexity index is 415. The van der Waals surface area contributed by atoms with E-state index in [0.29, 0.717) is 5.69 Å². The first-order valence-electron chi connectivity index (χ1n) is 6.05. The predicted octanol–water partition coefficient (Wildman–Crippen LogP) is 2.82. The molecule has 0 saturated carbocycles. The largest absolute Gasteiger partial charge is 0.397 e. The van der Waals surface area contributed by atoms with Crippen LogP contribution in [-0.4, -0.2) is 25.3 Å². The number of halogens is 2.